The fourth-order valence-corrected chi connectivity index (χ4v) is 4.25. The molecule has 3 atom stereocenters. The minimum Gasteiger partial charge on any atom is -0.411 e. The summed E-state index contributed by atoms with van der Waals surface area (Å²) in [5, 5.41) is 0. The second kappa shape index (κ2) is 3.97. The summed E-state index contributed by atoms with van der Waals surface area (Å²) in [6.45, 7) is 4.23. The van der Waals surface area contributed by atoms with E-state index in [0.29, 0.717) is 6.10 Å². The van der Waals surface area contributed by atoms with E-state index >= 15 is 0 Å². The van der Waals surface area contributed by atoms with E-state index in [4.69, 9.17) is 27.6 Å². The summed E-state index contributed by atoms with van der Waals surface area (Å²) >= 11 is 11.9. The van der Waals surface area contributed by atoms with Crippen LogP contribution < -0.4 is 0 Å². The largest absolute Gasteiger partial charge is 0.411 e. The van der Waals surface area contributed by atoms with Crippen LogP contribution in [0.1, 0.15) is 25.7 Å². The first kappa shape index (κ1) is 11.2. The number of alkyl halides is 2. The van der Waals surface area contributed by atoms with Gasteiger partial charge in [0.2, 0.25) is 8.32 Å². The lowest BCUT2D eigenvalue weighted by molar-refractivity contribution is 0.130. The number of hydrogen-bond donors (Lipinski definition) is 0. The first-order valence-corrected chi connectivity index (χ1v) is 9.31. The number of halogens is 2. The van der Waals surface area contributed by atoms with Crippen LogP contribution in [0.15, 0.2) is 0 Å². The molecule has 0 heterocycles. The monoisotopic (exact) mass is 252 g/mol. The van der Waals surface area contributed by atoms with Gasteiger partial charge in [0, 0.05) is 6.10 Å². The molecule has 4 heteroatoms. The van der Waals surface area contributed by atoms with Crippen molar-refractivity contribution >= 4 is 31.5 Å². The smallest absolute Gasteiger partial charge is 0.220 e. The average Bonchev–Trinajstić information content (AvgIpc) is 2.63. The maximum Gasteiger partial charge on any atom is 0.220 e. The van der Waals surface area contributed by atoms with Crippen molar-refractivity contribution in [2.75, 3.05) is 0 Å². The molecule has 1 nitrogen and oxygen atoms in total. The molecule has 2 rings (SSSR count). The highest BCUT2D eigenvalue weighted by Crippen LogP contribution is 2.47. The number of hydrogen-bond acceptors (Lipinski definition) is 1. The summed E-state index contributed by atoms with van der Waals surface area (Å²) in [7, 11) is -1.85. The third-order valence-electron chi connectivity index (χ3n) is 3.65. The second-order valence-corrected chi connectivity index (χ2v) is 11.1. The van der Waals surface area contributed by atoms with Crippen molar-refractivity contribution in [1.82, 2.24) is 0 Å². The van der Waals surface area contributed by atoms with E-state index in [1.165, 1.54) is 25.7 Å². The molecular weight excluding hydrogens is 235 g/mol. The first-order valence-electron chi connectivity index (χ1n) is 5.45. The topological polar surface area (TPSA) is 9.23 Å². The fourth-order valence-electron chi connectivity index (χ4n) is 2.77. The summed E-state index contributed by atoms with van der Waals surface area (Å²) in [5.74, 6) is 1.73. The Labute approximate surface area is 97.2 Å². The van der Waals surface area contributed by atoms with E-state index in [2.05, 4.69) is 13.1 Å². The van der Waals surface area contributed by atoms with E-state index in [-0.39, 0.29) is 4.46 Å². The molecule has 0 saturated heterocycles. The summed E-state index contributed by atoms with van der Waals surface area (Å²) < 4.78 is 5.87. The molecule has 0 aromatic carbocycles. The van der Waals surface area contributed by atoms with Gasteiger partial charge in [-0.05, 0) is 50.6 Å². The van der Waals surface area contributed by atoms with Crippen molar-refractivity contribution in [3.05, 3.63) is 0 Å². The normalized spacial score (nSPS) is 37.1. The average molecular weight is 253 g/mol. The molecule has 14 heavy (non-hydrogen) atoms. The zero-order chi connectivity index (χ0) is 10.3. The molecular formula is C10H18Cl2OSi. The Morgan fingerprint density at radius 2 is 1.93 bits per heavy atom. The molecule has 3 unspecified atom stereocenters. The minimum atomic E-state index is -1.85. The van der Waals surface area contributed by atoms with Crippen molar-refractivity contribution in [3.8, 4) is 0 Å². The summed E-state index contributed by atoms with van der Waals surface area (Å²) in [6, 6.07) is 0. The van der Waals surface area contributed by atoms with Crippen molar-refractivity contribution in [2.24, 2.45) is 11.8 Å². The molecule has 2 fully saturated rings. The number of rotatable bonds is 3. The zero-order valence-electron chi connectivity index (χ0n) is 8.80. The highest BCUT2D eigenvalue weighted by atomic mass is 35.5. The standard InChI is InChI=1S/C10H18Cl2OSi/c1-14(2,10(11)12)13-9-6-7-3-4-8(9)5-7/h7-10H,3-6H2,1-2H3. The SMILES string of the molecule is C[Si](C)(OC1CC2CCC1C2)C(Cl)Cl. The molecule has 0 radical (unpaired) electrons. The van der Waals surface area contributed by atoms with Crippen LogP contribution in [0.2, 0.25) is 13.1 Å². The van der Waals surface area contributed by atoms with Gasteiger partial charge in [-0.1, -0.05) is 0 Å². The maximum atomic E-state index is 6.17. The zero-order valence-corrected chi connectivity index (χ0v) is 11.3. The van der Waals surface area contributed by atoms with Gasteiger partial charge >= 0.3 is 0 Å². The summed E-state index contributed by atoms with van der Waals surface area (Å²) in [4.78, 5) is 0. The predicted molar refractivity (Wildman–Crippen MR) is 63.3 cm³/mol. The summed E-state index contributed by atoms with van der Waals surface area (Å²) in [5.41, 5.74) is 0. The van der Waals surface area contributed by atoms with Gasteiger partial charge in [0.25, 0.3) is 0 Å². The lowest BCUT2D eigenvalue weighted by atomic mass is 9.98. The Hall–Kier alpha value is 0.757. The van der Waals surface area contributed by atoms with Crippen LogP contribution in [0, 0.1) is 11.8 Å². The number of fused-ring (bicyclic) bond motifs is 2. The lowest BCUT2D eigenvalue weighted by Crippen LogP contribution is -2.43. The van der Waals surface area contributed by atoms with E-state index < -0.39 is 8.32 Å². The van der Waals surface area contributed by atoms with Crippen molar-refractivity contribution in [3.63, 3.8) is 0 Å². The van der Waals surface area contributed by atoms with E-state index in [1.807, 2.05) is 0 Å². The Bertz CT molecular complexity index is 220. The van der Waals surface area contributed by atoms with Crippen molar-refractivity contribution in [1.29, 1.82) is 0 Å². The first-order chi connectivity index (χ1) is 6.49. The third-order valence-corrected chi connectivity index (χ3v) is 8.77. The van der Waals surface area contributed by atoms with Gasteiger partial charge in [-0.15, -0.1) is 23.2 Å². The Morgan fingerprint density at radius 3 is 2.36 bits per heavy atom. The molecule has 2 saturated carbocycles. The highest BCUT2D eigenvalue weighted by molar-refractivity contribution is 6.88. The maximum absolute atomic E-state index is 6.17. The fraction of sp³-hybridized carbons (Fsp3) is 1.00. The molecule has 0 spiro atoms. The van der Waals surface area contributed by atoms with Gasteiger partial charge in [0.1, 0.15) is 4.46 Å². The molecule has 2 bridgehead atoms. The highest BCUT2D eigenvalue weighted by Gasteiger charge is 2.44. The van der Waals surface area contributed by atoms with Crippen molar-refractivity contribution < 1.29 is 4.43 Å². The lowest BCUT2D eigenvalue weighted by Gasteiger charge is -2.32. The molecule has 0 N–H and O–H groups in total. The van der Waals surface area contributed by atoms with Gasteiger partial charge < -0.3 is 4.43 Å². The molecule has 82 valence electrons. The Balaban J connectivity index is 1.92. The van der Waals surface area contributed by atoms with Crippen molar-refractivity contribution in [2.45, 2.75) is 49.3 Å². The molecule has 0 aromatic heterocycles. The molecule has 2 aliphatic rings. The van der Waals surface area contributed by atoms with E-state index in [1.54, 1.807) is 0 Å². The second-order valence-electron chi connectivity index (χ2n) is 5.24. The van der Waals surface area contributed by atoms with Crippen LogP contribution in [0.5, 0.6) is 0 Å². The van der Waals surface area contributed by atoms with Crippen LogP contribution in [0.4, 0.5) is 0 Å². The molecule has 0 aromatic rings. The quantitative estimate of drug-likeness (QED) is 0.550. The predicted octanol–water partition coefficient (Wildman–Crippen LogP) is 3.74. The summed E-state index contributed by atoms with van der Waals surface area (Å²) in [6.07, 6.45) is 5.87. The van der Waals surface area contributed by atoms with Crippen LogP contribution in [-0.4, -0.2) is 18.9 Å². The Morgan fingerprint density at radius 1 is 1.21 bits per heavy atom. The Kier molecular flexibility index (Phi) is 3.19. The van der Waals surface area contributed by atoms with Gasteiger partial charge in [-0.3, -0.25) is 0 Å². The van der Waals surface area contributed by atoms with Crippen LogP contribution in [0.3, 0.4) is 0 Å². The van der Waals surface area contributed by atoms with Crippen LogP contribution in [-0.2, 0) is 4.43 Å². The third kappa shape index (κ3) is 2.13. The van der Waals surface area contributed by atoms with Crippen LogP contribution >= 0.6 is 23.2 Å². The van der Waals surface area contributed by atoms with Crippen LogP contribution in [0.25, 0.3) is 0 Å². The molecule has 2 aliphatic carbocycles. The molecule has 0 amide bonds. The minimum absolute atomic E-state index is 0.304. The van der Waals surface area contributed by atoms with Gasteiger partial charge in [0.15, 0.2) is 0 Å². The molecule has 0 aliphatic heterocycles. The van der Waals surface area contributed by atoms with Gasteiger partial charge in [-0.2, -0.15) is 0 Å². The van der Waals surface area contributed by atoms with E-state index in [9.17, 15) is 0 Å². The van der Waals surface area contributed by atoms with Gasteiger partial charge in [-0.25, -0.2) is 0 Å². The van der Waals surface area contributed by atoms with Gasteiger partial charge in [0.05, 0.1) is 0 Å². The van der Waals surface area contributed by atoms with E-state index in [0.717, 1.165) is 11.8 Å².